The van der Waals surface area contributed by atoms with Crippen molar-refractivity contribution in [1.82, 2.24) is 9.55 Å². The molecule has 1 aromatic heterocycles. The maximum Gasteiger partial charge on any atom is 0.351 e. The van der Waals surface area contributed by atoms with Crippen molar-refractivity contribution in [3.8, 4) is 6.07 Å². The number of nitrogens with zero attached hydrogens (tertiary/aromatic N) is 3. The Balaban J connectivity index is 2.02. The summed E-state index contributed by atoms with van der Waals surface area (Å²) in [4.78, 5) is 27.1. The Morgan fingerprint density at radius 1 is 1.52 bits per heavy atom. The Labute approximate surface area is 166 Å². The Hall–Kier alpha value is -2.40. The molecule has 2 rings (SSSR count). The summed E-state index contributed by atoms with van der Waals surface area (Å²) < 4.78 is 22.5. The lowest BCUT2D eigenvalue weighted by molar-refractivity contribution is -0.183. The highest BCUT2D eigenvalue weighted by Gasteiger charge is 2.45. The number of carbonyl (C=O) groups is 1. The highest BCUT2D eigenvalue weighted by molar-refractivity contribution is 5.87. The third-order valence-corrected chi connectivity index (χ3v) is 4.06. The molecule has 1 aliphatic heterocycles. The molecule has 12 heteroatoms. The van der Waals surface area contributed by atoms with E-state index in [1.165, 1.54) is 19.2 Å². The van der Waals surface area contributed by atoms with E-state index in [1.807, 2.05) is 6.07 Å². The van der Waals surface area contributed by atoms with Gasteiger partial charge in [0.25, 0.3) is 0 Å². The van der Waals surface area contributed by atoms with Gasteiger partial charge in [0.2, 0.25) is 5.91 Å². The minimum Gasteiger partial charge on any atom is -0.394 e. The molecule has 1 aromatic rings. The summed E-state index contributed by atoms with van der Waals surface area (Å²) in [6, 6.07) is 3.36. The number of nitrogens with one attached hydrogen (secondary N) is 1. The second-order valence-corrected chi connectivity index (χ2v) is 6.33. The van der Waals surface area contributed by atoms with E-state index in [0.29, 0.717) is 0 Å². The quantitative estimate of drug-likeness (QED) is 0.323. The van der Waals surface area contributed by atoms with Crippen LogP contribution in [0.3, 0.4) is 0 Å². The fraction of sp³-hybridized carbons (Fsp3) is 0.647. The van der Waals surface area contributed by atoms with Gasteiger partial charge in [-0.2, -0.15) is 10.2 Å². The monoisotopic (exact) mass is 412 g/mol. The van der Waals surface area contributed by atoms with Crippen LogP contribution in [0.5, 0.6) is 0 Å². The Bertz CT molecular complexity index is 779. The number of amides is 1. The highest BCUT2D eigenvalue weighted by Crippen LogP contribution is 2.30. The summed E-state index contributed by atoms with van der Waals surface area (Å²) >= 11 is 0. The number of aliphatic hydroxyl groups excluding tert-OH is 2. The van der Waals surface area contributed by atoms with Gasteiger partial charge in [-0.05, 0) is 13.0 Å². The smallest absolute Gasteiger partial charge is 0.351 e. The Kier molecular flexibility index (Phi) is 8.65. The zero-order chi connectivity index (χ0) is 21.4. The number of anilines is 1. The normalized spacial score (nSPS) is 24.8. The second-order valence-electron chi connectivity index (χ2n) is 6.33. The van der Waals surface area contributed by atoms with E-state index in [0.717, 1.165) is 4.57 Å². The zero-order valence-electron chi connectivity index (χ0n) is 16.1. The highest BCUT2D eigenvalue weighted by atomic mass is 16.7. The summed E-state index contributed by atoms with van der Waals surface area (Å²) in [5, 5.41) is 30.7. The van der Waals surface area contributed by atoms with Gasteiger partial charge in [0.15, 0.2) is 6.23 Å². The molecule has 0 spiro atoms. The van der Waals surface area contributed by atoms with Gasteiger partial charge in [0.1, 0.15) is 37.7 Å². The van der Waals surface area contributed by atoms with Gasteiger partial charge in [-0.15, -0.1) is 0 Å². The summed E-state index contributed by atoms with van der Waals surface area (Å²) in [7, 11) is 0. The van der Waals surface area contributed by atoms with Crippen LogP contribution in [0.15, 0.2) is 17.1 Å². The fourth-order valence-corrected chi connectivity index (χ4v) is 2.64. The molecule has 160 valence electrons. The molecular formula is C17H24N4O8. The molecule has 0 aromatic carbocycles. The van der Waals surface area contributed by atoms with Crippen LogP contribution in [0.4, 0.5) is 5.82 Å². The van der Waals surface area contributed by atoms with Crippen LogP contribution >= 0.6 is 0 Å². The molecule has 2 heterocycles. The van der Waals surface area contributed by atoms with Gasteiger partial charge >= 0.3 is 5.69 Å². The molecule has 1 fully saturated rings. The number of hydrogen-bond acceptors (Lipinski definition) is 10. The number of aromatic nitrogens is 2. The molecule has 5 unspecified atom stereocenters. The third-order valence-electron chi connectivity index (χ3n) is 4.06. The predicted octanol–water partition coefficient (Wildman–Crippen LogP) is -0.912. The second kappa shape index (κ2) is 11.0. The van der Waals surface area contributed by atoms with Crippen LogP contribution in [0, 0.1) is 11.3 Å². The standard InChI is InChI=1S/C17H24N4O8/c1-10(3-5-18)27-8-26-9-28-15-14(24)12(7-22)29-16(15)21-6-4-13(19-11(2)23)20-17(21)25/h4,6,10,12,14-16,22,24H,3,7-9H2,1-2H3,(H,19,20,23,25). The molecule has 1 saturated heterocycles. The van der Waals surface area contributed by atoms with Crippen LogP contribution in [-0.2, 0) is 23.7 Å². The van der Waals surface area contributed by atoms with Gasteiger partial charge in [0.05, 0.1) is 25.2 Å². The van der Waals surface area contributed by atoms with E-state index < -0.39 is 36.8 Å². The van der Waals surface area contributed by atoms with Crippen molar-refractivity contribution in [1.29, 1.82) is 5.26 Å². The minimum absolute atomic E-state index is 0.0699. The summed E-state index contributed by atoms with van der Waals surface area (Å²) in [6.45, 7) is 2.09. The third kappa shape index (κ3) is 6.29. The van der Waals surface area contributed by atoms with Crippen molar-refractivity contribution >= 4 is 11.7 Å². The van der Waals surface area contributed by atoms with Crippen LogP contribution in [0.2, 0.25) is 0 Å². The van der Waals surface area contributed by atoms with E-state index in [1.54, 1.807) is 6.92 Å². The number of ether oxygens (including phenoxy) is 4. The maximum atomic E-state index is 12.3. The molecule has 29 heavy (non-hydrogen) atoms. The van der Waals surface area contributed by atoms with Crippen molar-refractivity contribution in [2.45, 2.75) is 50.9 Å². The lowest BCUT2D eigenvalue weighted by Crippen LogP contribution is -2.38. The number of hydrogen-bond donors (Lipinski definition) is 3. The Morgan fingerprint density at radius 3 is 2.90 bits per heavy atom. The largest absolute Gasteiger partial charge is 0.394 e. The van der Waals surface area contributed by atoms with Crippen molar-refractivity contribution in [3.05, 3.63) is 22.7 Å². The average molecular weight is 412 g/mol. The van der Waals surface area contributed by atoms with Crippen LogP contribution < -0.4 is 11.0 Å². The van der Waals surface area contributed by atoms with E-state index in [9.17, 15) is 19.8 Å². The summed E-state index contributed by atoms with van der Waals surface area (Å²) in [5.41, 5.74) is -0.741. The Morgan fingerprint density at radius 2 is 2.28 bits per heavy atom. The van der Waals surface area contributed by atoms with Crippen LogP contribution in [-0.4, -0.2) is 70.3 Å². The minimum atomic E-state index is -1.23. The van der Waals surface area contributed by atoms with Crippen LogP contribution in [0.1, 0.15) is 26.5 Å². The van der Waals surface area contributed by atoms with E-state index >= 15 is 0 Å². The fourth-order valence-electron chi connectivity index (χ4n) is 2.64. The number of carbonyl (C=O) groups excluding carboxylic acids is 1. The van der Waals surface area contributed by atoms with Gasteiger partial charge in [-0.1, -0.05) is 0 Å². The molecule has 1 aliphatic rings. The van der Waals surface area contributed by atoms with E-state index in [2.05, 4.69) is 10.3 Å². The number of aliphatic hydroxyl groups is 2. The molecule has 5 atom stereocenters. The van der Waals surface area contributed by atoms with E-state index in [-0.39, 0.29) is 37.8 Å². The first-order valence-corrected chi connectivity index (χ1v) is 8.86. The topological polar surface area (TPSA) is 165 Å². The lowest BCUT2D eigenvalue weighted by atomic mass is 10.1. The molecule has 0 bridgehead atoms. The zero-order valence-corrected chi connectivity index (χ0v) is 16.1. The van der Waals surface area contributed by atoms with Crippen molar-refractivity contribution < 1.29 is 34.0 Å². The van der Waals surface area contributed by atoms with Crippen molar-refractivity contribution in [3.63, 3.8) is 0 Å². The predicted molar refractivity (Wildman–Crippen MR) is 96.3 cm³/mol. The first kappa shape index (κ1) is 22.9. The van der Waals surface area contributed by atoms with Crippen molar-refractivity contribution in [2.24, 2.45) is 0 Å². The van der Waals surface area contributed by atoms with E-state index in [4.69, 9.17) is 24.2 Å². The van der Waals surface area contributed by atoms with Crippen molar-refractivity contribution in [2.75, 3.05) is 25.5 Å². The molecule has 12 nitrogen and oxygen atoms in total. The van der Waals surface area contributed by atoms with Gasteiger partial charge in [0, 0.05) is 13.1 Å². The number of rotatable bonds is 10. The summed E-state index contributed by atoms with van der Waals surface area (Å²) in [5.74, 6) is -0.312. The molecular weight excluding hydrogens is 388 g/mol. The first-order chi connectivity index (χ1) is 13.9. The van der Waals surface area contributed by atoms with Gasteiger partial charge in [-0.25, -0.2) is 4.79 Å². The molecule has 3 N–H and O–H groups in total. The van der Waals surface area contributed by atoms with Crippen LogP contribution in [0.25, 0.3) is 0 Å². The molecule has 1 amide bonds. The summed E-state index contributed by atoms with van der Waals surface area (Å²) in [6.07, 6.45) is -3.07. The number of nitriles is 1. The first-order valence-electron chi connectivity index (χ1n) is 8.86. The average Bonchev–Trinajstić information content (AvgIpc) is 2.97. The molecule has 0 aliphatic carbocycles. The van der Waals surface area contributed by atoms with Gasteiger partial charge in [-0.3, -0.25) is 9.36 Å². The SMILES string of the molecule is CC(=O)Nc1ccn(C2OC(CO)C(O)C2OCOCOC(C)CC#N)c(=O)n1. The molecule has 0 radical (unpaired) electrons. The maximum absolute atomic E-state index is 12.3. The van der Waals surface area contributed by atoms with Gasteiger partial charge < -0.3 is 34.5 Å². The lowest BCUT2D eigenvalue weighted by Gasteiger charge is -2.22. The molecule has 0 saturated carbocycles.